The maximum Gasteiger partial charge on any atom is 0.281 e. The second-order valence-electron chi connectivity index (χ2n) is 5.86. The highest BCUT2D eigenvalue weighted by Crippen LogP contribution is 2.27. The van der Waals surface area contributed by atoms with Gasteiger partial charge in [0.05, 0.1) is 0 Å². The fraction of sp³-hybridized carbons (Fsp3) is 0.471. The summed E-state index contributed by atoms with van der Waals surface area (Å²) in [5.41, 5.74) is 0.376. The minimum absolute atomic E-state index is 0.129. The maximum atomic E-state index is 12.9. The van der Waals surface area contributed by atoms with Crippen LogP contribution in [0.3, 0.4) is 0 Å². The van der Waals surface area contributed by atoms with Gasteiger partial charge in [-0.2, -0.15) is 0 Å². The van der Waals surface area contributed by atoms with Crippen LogP contribution in [0.5, 0.6) is 0 Å². The zero-order chi connectivity index (χ0) is 15.4. The summed E-state index contributed by atoms with van der Waals surface area (Å²) in [5, 5.41) is 0. The Labute approximate surface area is 130 Å². The summed E-state index contributed by atoms with van der Waals surface area (Å²) in [6, 6.07) is 5.63. The summed E-state index contributed by atoms with van der Waals surface area (Å²) >= 11 is 0. The molecule has 0 unspecified atom stereocenters. The molecule has 0 aliphatic heterocycles. The Morgan fingerprint density at radius 2 is 2.09 bits per heavy atom. The first-order valence-corrected chi connectivity index (χ1v) is 7.88. The van der Waals surface area contributed by atoms with Crippen molar-refractivity contribution < 1.29 is 9.21 Å². The van der Waals surface area contributed by atoms with Gasteiger partial charge in [0, 0.05) is 12.7 Å². The van der Waals surface area contributed by atoms with Gasteiger partial charge in [-0.15, -0.1) is 0 Å². The first-order valence-electron chi connectivity index (χ1n) is 7.88. The predicted octanol–water partition coefficient (Wildman–Crippen LogP) is 3.61. The highest BCUT2D eigenvalue weighted by molar-refractivity contribution is 6.04. The Balaban J connectivity index is 1.85. The van der Waals surface area contributed by atoms with Gasteiger partial charge < -0.3 is 4.42 Å². The van der Waals surface area contributed by atoms with Gasteiger partial charge in [-0.25, -0.2) is 9.97 Å². The van der Waals surface area contributed by atoms with E-state index in [4.69, 9.17) is 4.42 Å². The van der Waals surface area contributed by atoms with E-state index in [-0.39, 0.29) is 5.91 Å². The van der Waals surface area contributed by atoms with Crippen molar-refractivity contribution in [2.75, 3.05) is 11.4 Å². The quantitative estimate of drug-likeness (QED) is 0.865. The van der Waals surface area contributed by atoms with Crippen LogP contribution in [0.2, 0.25) is 0 Å². The van der Waals surface area contributed by atoms with Gasteiger partial charge >= 0.3 is 0 Å². The molecule has 0 spiro atoms. The van der Waals surface area contributed by atoms with Gasteiger partial charge in [0.25, 0.3) is 5.91 Å². The van der Waals surface area contributed by atoms with Crippen LogP contribution in [-0.4, -0.2) is 22.4 Å². The molecule has 1 fully saturated rings. The number of oxazole rings is 1. The average molecular weight is 299 g/mol. The molecule has 0 radical (unpaired) electrons. The fourth-order valence-corrected chi connectivity index (χ4v) is 3.06. The lowest BCUT2D eigenvalue weighted by molar-refractivity contribution is 0.0974. The first-order chi connectivity index (χ1) is 10.8. The molecule has 0 bridgehead atoms. The zero-order valence-electron chi connectivity index (χ0n) is 12.9. The number of hydrogen-bond acceptors (Lipinski definition) is 4. The van der Waals surface area contributed by atoms with Crippen molar-refractivity contribution in [3.63, 3.8) is 0 Å². The zero-order valence-corrected chi connectivity index (χ0v) is 12.9. The molecule has 5 nitrogen and oxygen atoms in total. The predicted molar refractivity (Wildman–Crippen MR) is 83.7 cm³/mol. The lowest BCUT2D eigenvalue weighted by atomic mass is 9.89. The maximum absolute atomic E-state index is 12.9. The molecule has 0 aromatic carbocycles. The highest BCUT2D eigenvalue weighted by atomic mass is 16.3. The summed E-state index contributed by atoms with van der Waals surface area (Å²) < 4.78 is 5.18. The molecule has 1 aliphatic carbocycles. The fourth-order valence-electron chi connectivity index (χ4n) is 3.06. The summed E-state index contributed by atoms with van der Waals surface area (Å²) in [6.45, 7) is 2.46. The van der Waals surface area contributed by atoms with E-state index in [2.05, 4.69) is 9.97 Å². The number of nitrogens with zero attached hydrogens (tertiary/aromatic N) is 3. The van der Waals surface area contributed by atoms with Crippen molar-refractivity contribution in [3.05, 3.63) is 42.2 Å². The first kappa shape index (κ1) is 14.8. The summed E-state index contributed by atoms with van der Waals surface area (Å²) in [7, 11) is 0. The lowest BCUT2D eigenvalue weighted by Crippen LogP contribution is -2.37. The molecule has 0 saturated heterocycles. The Hall–Kier alpha value is -2.17. The normalized spacial score (nSPS) is 15.7. The Morgan fingerprint density at radius 3 is 2.73 bits per heavy atom. The average Bonchev–Trinajstić information content (AvgIpc) is 3.00. The molecule has 116 valence electrons. The topological polar surface area (TPSA) is 59.2 Å². The lowest BCUT2D eigenvalue weighted by Gasteiger charge is -2.28. The number of anilines is 1. The van der Waals surface area contributed by atoms with E-state index in [1.54, 1.807) is 18.0 Å². The minimum Gasteiger partial charge on any atom is -0.448 e. The number of rotatable bonds is 4. The van der Waals surface area contributed by atoms with E-state index in [0.717, 1.165) is 0 Å². The smallest absolute Gasteiger partial charge is 0.281 e. The number of aromatic nitrogens is 2. The standard InChI is InChI=1S/C17H21N3O2/c1-13-16(19-12-22-13)17(21)20(15-9-5-6-10-18-15)11-14-7-3-2-4-8-14/h5-6,9-10,12,14H,2-4,7-8,11H2,1H3. The number of amides is 1. The number of carbonyl (C=O) groups excluding carboxylic acids is 1. The highest BCUT2D eigenvalue weighted by Gasteiger charge is 2.26. The van der Waals surface area contributed by atoms with Crippen LogP contribution in [0.4, 0.5) is 5.82 Å². The van der Waals surface area contributed by atoms with Gasteiger partial charge in [0.2, 0.25) is 0 Å². The van der Waals surface area contributed by atoms with Crippen LogP contribution >= 0.6 is 0 Å². The van der Waals surface area contributed by atoms with Crippen LogP contribution in [0.1, 0.15) is 48.4 Å². The molecular weight excluding hydrogens is 278 g/mol. The van der Waals surface area contributed by atoms with Crippen molar-refractivity contribution in [2.45, 2.75) is 39.0 Å². The third-order valence-corrected chi connectivity index (χ3v) is 4.28. The summed E-state index contributed by atoms with van der Waals surface area (Å²) in [5.74, 6) is 1.64. The molecule has 1 saturated carbocycles. The number of carbonyl (C=O) groups is 1. The van der Waals surface area contributed by atoms with Gasteiger partial charge in [0.15, 0.2) is 12.1 Å². The van der Waals surface area contributed by atoms with E-state index in [1.165, 1.54) is 38.5 Å². The number of pyridine rings is 1. The molecule has 2 heterocycles. The van der Waals surface area contributed by atoms with Gasteiger partial charge in [-0.3, -0.25) is 9.69 Å². The Kier molecular flexibility index (Phi) is 4.51. The monoisotopic (exact) mass is 299 g/mol. The van der Waals surface area contributed by atoms with E-state index in [1.807, 2.05) is 18.2 Å². The van der Waals surface area contributed by atoms with Crippen molar-refractivity contribution >= 4 is 11.7 Å². The largest absolute Gasteiger partial charge is 0.448 e. The van der Waals surface area contributed by atoms with Crippen LogP contribution in [0.25, 0.3) is 0 Å². The molecule has 22 heavy (non-hydrogen) atoms. The van der Waals surface area contributed by atoms with Crippen molar-refractivity contribution in [2.24, 2.45) is 5.92 Å². The van der Waals surface area contributed by atoms with E-state index >= 15 is 0 Å². The van der Waals surface area contributed by atoms with E-state index < -0.39 is 0 Å². The van der Waals surface area contributed by atoms with Gasteiger partial charge in [-0.1, -0.05) is 25.3 Å². The molecule has 5 heteroatoms. The third kappa shape index (κ3) is 3.18. The summed E-state index contributed by atoms with van der Waals surface area (Å²) in [4.78, 5) is 23.0. The minimum atomic E-state index is -0.129. The molecule has 0 N–H and O–H groups in total. The third-order valence-electron chi connectivity index (χ3n) is 4.28. The number of aryl methyl sites for hydroxylation is 1. The molecule has 2 aromatic rings. The molecule has 1 aliphatic rings. The number of hydrogen-bond donors (Lipinski definition) is 0. The van der Waals surface area contributed by atoms with Crippen molar-refractivity contribution in [1.82, 2.24) is 9.97 Å². The second kappa shape index (κ2) is 6.73. The molecule has 0 atom stereocenters. The van der Waals surface area contributed by atoms with Gasteiger partial charge in [-0.05, 0) is 37.8 Å². The van der Waals surface area contributed by atoms with Crippen LogP contribution in [0, 0.1) is 12.8 Å². The molecule has 2 aromatic heterocycles. The Bertz CT molecular complexity index is 618. The molecule has 1 amide bonds. The Morgan fingerprint density at radius 1 is 1.27 bits per heavy atom. The molecular formula is C17H21N3O2. The van der Waals surface area contributed by atoms with Crippen molar-refractivity contribution in [3.8, 4) is 0 Å². The van der Waals surface area contributed by atoms with Crippen LogP contribution in [-0.2, 0) is 0 Å². The van der Waals surface area contributed by atoms with Crippen LogP contribution in [0.15, 0.2) is 35.2 Å². The van der Waals surface area contributed by atoms with Crippen molar-refractivity contribution in [1.29, 1.82) is 0 Å². The van der Waals surface area contributed by atoms with E-state index in [9.17, 15) is 4.79 Å². The second-order valence-corrected chi connectivity index (χ2v) is 5.86. The SMILES string of the molecule is Cc1ocnc1C(=O)N(CC1CCCCC1)c1ccccn1. The molecule has 3 rings (SSSR count). The van der Waals surface area contributed by atoms with Gasteiger partial charge in [0.1, 0.15) is 11.6 Å². The summed E-state index contributed by atoms with van der Waals surface area (Å²) in [6.07, 6.45) is 9.18. The van der Waals surface area contributed by atoms with Crippen LogP contribution < -0.4 is 4.90 Å². The van der Waals surface area contributed by atoms with E-state index in [0.29, 0.717) is 29.7 Å².